The minimum Gasteiger partial charge on any atom is -0.326 e. The van der Waals surface area contributed by atoms with Crippen LogP contribution in [0.25, 0.3) is 0 Å². The van der Waals surface area contributed by atoms with Crippen LogP contribution >= 0.6 is 11.3 Å². The van der Waals surface area contributed by atoms with Crippen molar-refractivity contribution < 1.29 is 0 Å². The molecule has 4 aliphatic carbocycles. The van der Waals surface area contributed by atoms with Crippen molar-refractivity contribution in [2.75, 3.05) is 0 Å². The van der Waals surface area contributed by atoms with Crippen molar-refractivity contribution in [3.05, 3.63) is 21.9 Å². The first-order chi connectivity index (χ1) is 8.35. The summed E-state index contributed by atoms with van der Waals surface area (Å²) >= 11 is 1.87. The van der Waals surface area contributed by atoms with Gasteiger partial charge in [0.15, 0.2) is 0 Å². The average molecular weight is 247 g/mol. The normalized spacial score (nSPS) is 43.2. The fraction of sp³-hybridized carbons (Fsp3) is 0.733. The van der Waals surface area contributed by atoms with Gasteiger partial charge in [-0.05, 0) is 78.7 Å². The van der Waals surface area contributed by atoms with E-state index in [-0.39, 0.29) is 0 Å². The van der Waals surface area contributed by atoms with Gasteiger partial charge >= 0.3 is 0 Å². The molecule has 17 heavy (non-hydrogen) atoms. The van der Waals surface area contributed by atoms with Gasteiger partial charge in [-0.3, -0.25) is 0 Å². The van der Waals surface area contributed by atoms with E-state index in [1.807, 2.05) is 11.3 Å². The summed E-state index contributed by atoms with van der Waals surface area (Å²) in [6.07, 6.45) is 7.59. The van der Waals surface area contributed by atoms with Crippen molar-refractivity contribution in [3.63, 3.8) is 0 Å². The Morgan fingerprint density at radius 3 is 2.29 bits per heavy atom. The van der Waals surface area contributed by atoms with Gasteiger partial charge in [0.1, 0.15) is 0 Å². The van der Waals surface area contributed by atoms with Crippen molar-refractivity contribution >= 4 is 11.3 Å². The van der Waals surface area contributed by atoms with Crippen LogP contribution in [0.5, 0.6) is 0 Å². The molecule has 0 radical (unpaired) electrons. The van der Waals surface area contributed by atoms with Crippen LogP contribution in [0.3, 0.4) is 0 Å². The highest BCUT2D eigenvalue weighted by Crippen LogP contribution is 2.60. The lowest BCUT2D eigenvalue weighted by Gasteiger charge is -2.54. The Morgan fingerprint density at radius 2 is 1.71 bits per heavy atom. The van der Waals surface area contributed by atoms with E-state index in [1.54, 1.807) is 12.0 Å². The van der Waals surface area contributed by atoms with E-state index in [4.69, 9.17) is 5.73 Å². The Morgan fingerprint density at radius 1 is 1.06 bits per heavy atom. The molecular formula is C15H21NS. The molecule has 92 valence electrons. The van der Waals surface area contributed by atoms with Crippen LogP contribution in [-0.4, -0.2) is 0 Å². The molecule has 1 nitrogen and oxygen atoms in total. The summed E-state index contributed by atoms with van der Waals surface area (Å²) in [5, 5.41) is 2.25. The standard InChI is InChI=1S/C15H21NS/c16-8-14-13(1-2-17-14)15-11-4-9-3-10(6-11)7-12(15)5-9/h1-2,9-12,15H,3-8,16H2. The first-order valence-corrected chi connectivity index (χ1v) is 7.99. The topological polar surface area (TPSA) is 26.0 Å². The van der Waals surface area contributed by atoms with Gasteiger partial charge in [0.25, 0.3) is 0 Å². The van der Waals surface area contributed by atoms with Crippen molar-refractivity contribution in [1.82, 2.24) is 0 Å². The summed E-state index contributed by atoms with van der Waals surface area (Å²) in [5.74, 6) is 5.01. The first-order valence-electron chi connectivity index (χ1n) is 7.11. The Balaban J connectivity index is 1.70. The summed E-state index contributed by atoms with van der Waals surface area (Å²) in [6.45, 7) is 0.746. The molecule has 0 aromatic carbocycles. The second kappa shape index (κ2) is 3.83. The predicted octanol–water partition coefficient (Wildman–Crippen LogP) is 3.75. The third-order valence-electron chi connectivity index (χ3n) is 5.55. The maximum Gasteiger partial charge on any atom is 0.0276 e. The number of hydrogen-bond donors (Lipinski definition) is 1. The molecule has 4 saturated carbocycles. The van der Waals surface area contributed by atoms with Crippen molar-refractivity contribution in [2.45, 2.75) is 44.6 Å². The van der Waals surface area contributed by atoms with Crippen LogP contribution in [0.1, 0.15) is 48.5 Å². The zero-order chi connectivity index (χ0) is 11.4. The van der Waals surface area contributed by atoms with Gasteiger partial charge in [-0.15, -0.1) is 11.3 Å². The van der Waals surface area contributed by atoms with Crippen LogP contribution in [0, 0.1) is 23.7 Å². The summed E-state index contributed by atoms with van der Waals surface area (Å²) in [4.78, 5) is 1.46. The molecule has 1 aromatic heterocycles. The molecule has 4 fully saturated rings. The fourth-order valence-electron chi connectivity index (χ4n) is 5.25. The van der Waals surface area contributed by atoms with Crippen molar-refractivity contribution in [3.8, 4) is 0 Å². The van der Waals surface area contributed by atoms with Crippen LogP contribution < -0.4 is 5.73 Å². The monoisotopic (exact) mass is 247 g/mol. The van der Waals surface area contributed by atoms with E-state index in [0.717, 1.165) is 36.1 Å². The Bertz CT molecular complexity index is 394. The molecule has 1 heterocycles. The van der Waals surface area contributed by atoms with Crippen LogP contribution in [0.15, 0.2) is 11.4 Å². The highest BCUT2D eigenvalue weighted by atomic mass is 32.1. The van der Waals surface area contributed by atoms with Gasteiger partial charge in [-0.1, -0.05) is 0 Å². The molecule has 5 rings (SSSR count). The number of rotatable bonds is 2. The molecule has 0 atom stereocenters. The highest BCUT2D eigenvalue weighted by Gasteiger charge is 2.48. The molecule has 0 spiro atoms. The molecule has 0 saturated heterocycles. The van der Waals surface area contributed by atoms with E-state index in [2.05, 4.69) is 11.4 Å². The van der Waals surface area contributed by atoms with E-state index < -0.39 is 0 Å². The average Bonchev–Trinajstić information content (AvgIpc) is 2.75. The first kappa shape index (κ1) is 10.6. The maximum absolute atomic E-state index is 5.90. The Kier molecular flexibility index (Phi) is 2.38. The SMILES string of the molecule is NCc1sccc1C1C2CC3CC(C2)CC1C3. The second-order valence-electron chi connectivity index (χ2n) is 6.46. The highest BCUT2D eigenvalue weighted by molar-refractivity contribution is 7.10. The summed E-state index contributed by atoms with van der Waals surface area (Å²) in [5.41, 5.74) is 7.53. The minimum atomic E-state index is 0.746. The molecule has 4 aliphatic rings. The van der Waals surface area contributed by atoms with E-state index >= 15 is 0 Å². The van der Waals surface area contributed by atoms with Gasteiger partial charge in [-0.2, -0.15) is 0 Å². The number of thiophene rings is 1. The van der Waals surface area contributed by atoms with Crippen molar-refractivity contribution in [1.29, 1.82) is 0 Å². The Labute approximate surface area is 107 Å². The maximum atomic E-state index is 5.90. The number of nitrogens with two attached hydrogens (primary N) is 1. The Hall–Kier alpha value is -0.340. The van der Waals surface area contributed by atoms with E-state index in [1.165, 1.54) is 30.6 Å². The summed E-state index contributed by atoms with van der Waals surface area (Å²) < 4.78 is 0. The van der Waals surface area contributed by atoms with Crippen molar-refractivity contribution in [2.24, 2.45) is 29.4 Å². The lowest BCUT2D eigenvalue weighted by molar-refractivity contribution is -0.00288. The molecule has 0 aliphatic heterocycles. The zero-order valence-corrected chi connectivity index (χ0v) is 11.1. The summed E-state index contributed by atoms with van der Waals surface area (Å²) in [7, 11) is 0. The van der Waals surface area contributed by atoms with E-state index in [0.29, 0.717) is 0 Å². The van der Waals surface area contributed by atoms with E-state index in [9.17, 15) is 0 Å². The quantitative estimate of drug-likeness (QED) is 0.846. The third-order valence-corrected chi connectivity index (χ3v) is 6.51. The molecule has 0 unspecified atom stereocenters. The predicted molar refractivity (Wildman–Crippen MR) is 72.0 cm³/mol. The van der Waals surface area contributed by atoms with Gasteiger partial charge in [0.2, 0.25) is 0 Å². The summed E-state index contributed by atoms with van der Waals surface area (Å²) in [6, 6.07) is 2.37. The second-order valence-corrected chi connectivity index (χ2v) is 7.46. The molecule has 0 amide bonds. The van der Waals surface area contributed by atoms with Gasteiger partial charge in [0.05, 0.1) is 0 Å². The largest absolute Gasteiger partial charge is 0.326 e. The van der Waals surface area contributed by atoms with Gasteiger partial charge in [-0.25, -0.2) is 0 Å². The third kappa shape index (κ3) is 1.53. The molecule has 2 N–H and O–H groups in total. The van der Waals surface area contributed by atoms with Crippen LogP contribution in [0.4, 0.5) is 0 Å². The lowest BCUT2D eigenvalue weighted by Crippen LogP contribution is -2.43. The van der Waals surface area contributed by atoms with Gasteiger partial charge in [0, 0.05) is 11.4 Å². The lowest BCUT2D eigenvalue weighted by atomic mass is 9.51. The minimum absolute atomic E-state index is 0.746. The molecule has 1 aromatic rings. The fourth-order valence-corrected chi connectivity index (χ4v) is 6.06. The molecular weight excluding hydrogens is 226 g/mol. The number of hydrogen-bond acceptors (Lipinski definition) is 2. The zero-order valence-electron chi connectivity index (χ0n) is 10.3. The van der Waals surface area contributed by atoms with Crippen LogP contribution in [-0.2, 0) is 6.54 Å². The van der Waals surface area contributed by atoms with Crippen LogP contribution in [0.2, 0.25) is 0 Å². The smallest absolute Gasteiger partial charge is 0.0276 e. The molecule has 4 bridgehead atoms. The van der Waals surface area contributed by atoms with Gasteiger partial charge < -0.3 is 5.73 Å². The molecule has 2 heteroatoms.